The topological polar surface area (TPSA) is 84.2 Å². The number of benzene rings is 1. The number of nitrogens with two attached hydrogens (primary N) is 1. The van der Waals surface area contributed by atoms with Gasteiger partial charge in [0.25, 0.3) is 0 Å². The second-order valence-electron chi connectivity index (χ2n) is 6.04. The minimum atomic E-state index is -0.490. The minimum Gasteiger partial charge on any atom is -0.366 e. The van der Waals surface area contributed by atoms with Crippen LogP contribution < -0.4 is 16.4 Å². The highest BCUT2D eigenvalue weighted by Gasteiger charge is 2.38. The van der Waals surface area contributed by atoms with E-state index < -0.39 is 5.91 Å². The van der Waals surface area contributed by atoms with Gasteiger partial charge in [0.15, 0.2) is 0 Å². The molecule has 0 spiro atoms. The number of hydrogen-bond donors (Lipinski definition) is 3. The number of carbonyl (C=O) groups excluding carboxylic acids is 2. The third-order valence-electron chi connectivity index (χ3n) is 4.59. The molecule has 1 heterocycles. The average Bonchev–Trinajstić information content (AvgIpc) is 2.91. The van der Waals surface area contributed by atoms with Crippen molar-refractivity contribution in [3.8, 4) is 0 Å². The van der Waals surface area contributed by atoms with Crippen LogP contribution in [0.3, 0.4) is 0 Å². The van der Waals surface area contributed by atoms with Crippen LogP contribution in [0.1, 0.15) is 42.5 Å². The van der Waals surface area contributed by atoms with Gasteiger partial charge < -0.3 is 16.4 Å². The molecule has 5 heteroatoms. The molecular weight excluding hydrogens is 266 g/mol. The lowest BCUT2D eigenvalue weighted by Crippen LogP contribution is -2.39. The third kappa shape index (κ3) is 3.08. The molecule has 1 saturated carbocycles. The Morgan fingerprint density at radius 1 is 1.24 bits per heavy atom. The summed E-state index contributed by atoms with van der Waals surface area (Å²) in [5, 5.41) is 6.33. The molecule has 1 aromatic rings. The smallest absolute Gasteiger partial charge is 0.248 e. The van der Waals surface area contributed by atoms with Gasteiger partial charge in [-0.15, -0.1) is 0 Å². The Kier molecular flexibility index (Phi) is 3.92. The number of fused-ring (bicyclic) bond motifs is 1. The van der Waals surface area contributed by atoms with E-state index in [-0.39, 0.29) is 11.9 Å². The molecule has 2 fully saturated rings. The number of amides is 2. The predicted octanol–water partition coefficient (Wildman–Crippen LogP) is 1.64. The monoisotopic (exact) mass is 287 g/mol. The molecule has 3 rings (SSSR count). The maximum absolute atomic E-state index is 12.3. The fourth-order valence-corrected chi connectivity index (χ4v) is 3.50. The molecule has 0 aromatic heterocycles. The third-order valence-corrected chi connectivity index (χ3v) is 4.59. The van der Waals surface area contributed by atoms with Crippen molar-refractivity contribution in [2.45, 2.75) is 44.2 Å². The first-order chi connectivity index (χ1) is 10.1. The van der Waals surface area contributed by atoms with Crippen LogP contribution in [0.4, 0.5) is 5.69 Å². The van der Waals surface area contributed by atoms with E-state index in [4.69, 9.17) is 5.73 Å². The maximum Gasteiger partial charge on any atom is 0.248 e. The van der Waals surface area contributed by atoms with Crippen molar-refractivity contribution in [3.63, 3.8) is 0 Å². The van der Waals surface area contributed by atoms with E-state index in [2.05, 4.69) is 10.6 Å². The summed E-state index contributed by atoms with van der Waals surface area (Å²) >= 11 is 0. The van der Waals surface area contributed by atoms with E-state index >= 15 is 0 Å². The zero-order valence-corrected chi connectivity index (χ0v) is 12.0. The normalized spacial score (nSPS) is 27.9. The molecule has 1 aromatic carbocycles. The van der Waals surface area contributed by atoms with Crippen molar-refractivity contribution < 1.29 is 9.59 Å². The average molecular weight is 287 g/mol. The van der Waals surface area contributed by atoms with Crippen molar-refractivity contribution in [1.29, 1.82) is 0 Å². The van der Waals surface area contributed by atoms with E-state index in [1.807, 2.05) is 0 Å². The van der Waals surface area contributed by atoms with E-state index in [0.717, 1.165) is 6.42 Å². The quantitative estimate of drug-likeness (QED) is 0.790. The largest absolute Gasteiger partial charge is 0.366 e. The summed E-state index contributed by atoms with van der Waals surface area (Å²) in [4.78, 5) is 23.5. The molecule has 4 N–H and O–H groups in total. The van der Waals surface area contributed by atoms with Gasteiger partial charge in [-0.05, 0) is 43.4 Å². The van der Waals surface area contributed by atoms with E-state index in [9.17, 15) is 9.59 Å². The summed E-state index contributed by atoms with van der Waals surface area (Å²) in [6.07, 6.45) is 5.83. The Hall–Kier alpha value is -1.88. The van der Waals surface area contributed by atoms with Crippen LogP contribution in [0.5, 0.6) is 0 Å². The number of anilines is 1. The van der Waals surface area contributed by atoms with Crippen molar-refractivity contribution in [3.05, 3.63) is 29.8 Å². The Labute approximate surface area is 124 Å². The Morgan fingerprint density at radius 3 is 2.81 bits per heavy atom. The molecule has 0 bridgehead atoms. The molecule has 0 radical (unpaired) electrons. The molecule has 2 aliphatic rings. The molecule has 5 nitrogen and oxygen atoms in total. The van der Waals surface area contributed by atoms with Gasteiger partial charge in [-0.1, -0.05) is 18.9 Å². The zero-order chi connectivity index (χ0) is 14.8. The summed E-state index contributed by atoms with van der Waals surface area (Å²) in [5.41, 5.74) is 6.27. The van der Waals surface area contributed by atoms with Crippen molar-refractivity contribution in [1.82, 2.24) is 5.32 Å². The molecule has 2 amide bonds. The lowest BCUT2D eigenvalue weighted by molar-refractivity contribution is -0.117. The van der Waals surface area contributed by atoms with Gasteiger partial charge in [-0.3, -0.25) is 9.59 Å². The van der Waals surface area contributed by atoms with Crippen molar-refractivity contribution in [2.75, 3.05) is 5.32 Å². The lowest BCUT2D eigenvalue weighted by Gasteiger charge is -2.24. The zero-order valence-electron chi connectivity index (χ0n) is 12.0. The predicted molar refractivity (Wildman–Crippen MR) is 80.9 cm³/mol. The number of nitrogens with one attached hydrogen (secondary N) is 2. The number of carbonyl (C=O) groups is 2. The van der Waals surface area contributed by atoms with Crippen LogP contribution in [-0.2, 0) is 4.79 Å². The van der Waals surface area contributed by atoms with Gasteiger partial charge in [-0.2, -0.15) is 0 Å². The van der Waals surface area contributed by atoms with Crippen LogP contribution in [0.25, 0.3) is 0 Å². The van der Waals surface area contributed by atoms with Gasteiger partial charge in [0, 0.05) is 17.3 Å². The highest BCUT2D eigenvalue weighted by atomic mass is 16.2. The molecule has 3 atom stereocenters. The summed E-state index contributed by atoms with van der Waals surface area (Å²) in [7, 11) is 0. The first-order valence-electron chi connectivity index (χ1n) is 7.60. The van der Waals surface area contributed by atoms with E-state index in [1.54, 1.807) is 24.3 Å². The standard InChI is InChI=1S/C16H21N3O2/c17-15(20)11-5-3-6-12(8-11)18-16(21)14-9-10-4-1-2-7-13(10)19-14/h3,5-6,8,10,13-14,19H,1-2,4,7,9H2,(H2,17,20)(H,18,21). The summed E-state index contributed by atoms with van der Waals surface area (Å²) in [6, 6.07) is 7.11. The van der Waals surface area contributed by atoms with E-state index in [0.29, 0.717) is 23.2 Å². The van der Waals surface area contributed by atoms with Gasteiger partial charge in [0.05, 0.1) is 6.04 Å². The molecule has 21 heavy (non-hydrogen) atoms. The first kappa shape index (κ1) is 14.1. The van der Waals surface area contributed by atoms with Crippen LogP contribution in [0.15, 0.2) is 24.3 Å². The molecule has 112 valence electrons. The number of hydrogen-bond acceptors (Lipinski definition) is 3. The van der Waals surface area contributed by atoms with Gasteiger partial charge in [0.2, 0.25) is 11.8 Å². The van der Waals surface area contributed by atoms with Crippen LogP contribution in [0.2, 0.25) is 0 Å². The van der Waals surface area contributed by atoms with Crippen LogP contribution in [-0.4, -0.2) is 23.9 Å². The number of rotatable bonds is 3. The second-order valence-corrected chi connectivity index (χ2v) is 6.04. The summed E-state index contributed by atoms with van der Waals surface area (Å²) in [5.74, 6) is 0.119. The lowest BCUT2D eigenvalue weighted by atomic mass is 9.85. The molecule has 1 aliphatic heterocycles. The molecule has 1 saturated heterocycles. The van der Waals surface area contributed by atoms with Crippen LogP contribution in [0, 0.1) is 5.92 Å². The van der Waals surface area contributed by atoms with E-state index in [1.165, 1.54) is 25.7 Å². The van der Waals surface area contributed by atoms with Gasteiger partial charge in [0.1, 0.15) is 0 Å². The fraction of sp³-hybridized carbons (Fsp3) is 0.500. The molecular formula is C16H21N3O2. The highest BCUT2D eigenvalue weighted by molar-refractivity contribution is 5.98. The van der Waals surface area contributed by atoms with Gasteiger partial charge >= 0.3 is 0 Å². The fourth-order valence-electron chi connectivity index (χ4n) is 3.50. The Morgan fingerprint density at radius 2 is 2.05 bits per heavy atom. The number of primary amides is 1. The summed E-state index contributed by atoms with van der Waals surface area (Å²) < 4.78 is 0. The van der Waals surface area contributed by atoms with Crippen molar-refractivity contribution in [2.24, 2.45) is 11.7 Å². The highest BCUT2D eigenvalue weighted by Crippen LogP contribution is 2.33. The summed E-state index contributed by atoms with van der Waals surface area (Å²) in [6.45, 7) is 0. The molecule has 3 unspecified atom stereocenters. The minimum absolute atomic E-state index is 0.0222. The van der Waals surface area contributed by atoms with Crippen molar-refractivity contribution >= 4 is 17.5 Å². The molecule has 1 aliphatic carbocycles. The first-order valence-corrected chi connectivity index (χ1v) is 7.60. The SMILES string of the molecule is NC(=O)c1cccc(NC(=O)C2CC3CCCCC3N2)c1. The van der Waals surface area contributed by atoms with Crippen LogP contribution >= 0.6 is 0 Å². The second kappa shape index (κ2) is 5.85. The Balaban J connectivity index is 1.64. The van der Waals surface area contributed by atoms with Gasteiger partial charge in [-0.25, -0.2) is 0 Å². The maximum atomic E-state index is 12.3. The Bertz CT molecular complexity index is 544.